The second kappa shape index (κ2) is 13.9. The van der Waals surface area contributed by atoms with Crippen molar-refractivity contribution < 1.29 is 39.6 Å². The molecule has 12 nitrogen and oxygen atoms in total. The van der Waals surface area contributed by atoms with Crippen LogP contribution in [-0.4, -0.2) is 120 Å². The van der Waals surface area contributed by atoms with Crippen LogP contribution in [-0.2, 0) is 19.2 Å². The quantitative estimate of drug-likeness (QED) is 0.142. The Labute approximate surface area is 150 Å². The first kappa shape index (κ1) is 23.7. The molecule has 0 spiro atoms. The van der Waals surface area contributed by atoms with Crippen LogP contribution in [0, 0.1) is 0 Å². The maximum Gasteiger partial charge on any atom is 0.317 e. The Morgan fingerprint density at radius 2 is 0.808 bits per heavy atom. The summed E-state index contributed by atoms with van der Waals surface area (Å²) in [5.41, 5.74) is 0. The molecule has 0 amide bonds. The molecule has 6 N–H and O–H groups in total. The summed E-state index contributed by atoms with van der Waals surface area (Å²) in [6.45, 7) is 1.01. The van der Waals surface area contributed by atoms with Gasteiger partial charge in [0, 0.05) is 39.3 Å². The first-order valence-electron chi connectivity index (χ1n) is 7.94. The lowest BCUT2D eigenvalue weighted by Gasteiger charge is -2.19. The average molecular weight is 378 g/mol. The molecule has 0 atom stereocenters. The van der Waals surface area contributed by atoms with E-state index in [0.717, 1.165) is 0 Å². The molecule has 0 aromatic carbocycles. The van der Waals surface area contributed by atoms with Gasteiger partial charge >= 0.3 is 23.9 Å². The summed E-state index contributed by atoms with van der Waals surface area (Å²) in [5.74, 6) is -4.39. The van der Waals surface area contributed by atoms with E-state index in [1.54, 1.807) is 0 Å². The molecule has 0 aliphatic carbocycles. The van der Waals surface area contributed by atoms with E-state index in [1.165, 1.54) is 9.80 Å². The standard InChI is InChI=1S/C14H26N4O8/c19-11(20)7-17(8-12(21)22)5-3-15-1-2-16-4-6-18(9-13(23)24)10-14(25)26/h15-16H,1-10H2,(H,19,20)(H,21,22)(H,23,24)(H,25,26). The van der Waals surface area contributed by atoms with Crippen LogP contribution < -0.4 is 10.6 Å². The number of nitrogens with zero attached hydrogens (tertiary/aromatic N) is 2. The van der Waals surface area contributed by atoms with Gasteiger partial charge in [-0.3, -0.25) is 29.0 Å². The lowest BCUT2D eigenvalue weighted by Crippen LogP contribution is -2.41. The zero-order valence-electron chi connectivity index (χ0n) is 14.4. The monoisotopic (exact) mass is 378 g/mol. The van der Waals surface area contributed by atoms with Crippen molar-refractivity contribution in [1.82, 2.24) is 20.4 Å². The molecule has 0 aromatic rings. The van der Waals surface area contributed by atoms with Crippen molar-refractivity contribution in [1.29, 1.82) is 0 Å². The Morgan fingerprint density at radius 1 is 0.538 bits per heavy atom. The molecule has 0 fully saturated rings. The predicted octanol–water partition coefficient (Wildman–Crippen LogP) is -2.89. The third kappa shape index (κ3) is 15.3. The van der Waals surface area contributed by atoms with E-state index in [9.17, 15) is 19.2 Å². The van der Waals surface area contributed by atoms with E-state index < -0.39 is 23.9 Å². The molecule has 0 bridgehead atoms. The van der Waals surface area contributed by atoms with E-state index in [4.69, 9.17) is 20.4 Å². The number of carboxylic acids is 4. The first-order valence-corrected chi connectivity index (χ1v) is 7.94. The van der Waals surface area contributed by atoms with Crippen LogP contribution >= 0.6 is 0 Å². The Bertz CT molecular complexity index is 400. The van der Waals surface area contributed by atoms with Crippen LogP contribution in [0.1, 0.15) is 0 Å². The van der Waals surface area contributed by atoms with E-state index >= 15 is 0 Å². The molecule has 0 aliphatic rings. The van der Waals surface area contributed by atoms with Gasteiger partial charge in [-0.25, -0.2) is 0 Å². The zero-order chi connectivity index (χ0) is 19.9. The van der Waals surface area contributed by atoms with Crippen molar-refractivity contribution in [2.24, 2.45) is 0 Å². The van der Waals surface area contributed by atoms with E-state index in [1.807, 2.05) is 0 Å². The van der Waals surface area contributed by atoms with Crippen molar-refractivity contribution in [3.05, 3.63) is 0 Å². The van der Waals surface area contributed by atoms with Crippen LogP contribution in [0.15, 0.2) is 0 Å². The fourth-order valence-corrected chi connectivity index (χ4v) is 2.09. The predicted molar refractivity (Wildman–Crippen MR) is 89.2 cm³/mol. The SMILES string of the molecule is O=C(O)CN(CCNCCNCCN(CC(=O)O)CC(=O)O)CC(=O)O. The van der Waals surface area contributed by atoms with Crippen molar-refractivity contribution >= 4 is 23.9 Å². The maximum absolute atomic E-state index is 10.6. The highest BCUT2D eigenvalue weighted by atomic mass is 16.4. The number of carbonyl (C=O) groups is 4. The zero-order valence-corrected chi connectivity index (χ0v) is 14.4. The maximum atomic E-state index is 10.6. The summed E-state index contributed by atoms with van der Waals surface area (Å²) >= 11 is 0. The van der Waals surface area contributed by atoms with Gasteiger partial charge in [0.2, 0.25) is 0 Å². The second-order valence-electron chi connectivity index (χ2n) is 5.50. The third-order valence-corrected chi connectivity index (χ3v) is 3.12. The topological polar surface area (TPSA) is 180 Å². The number of nitrogens with one attached hydrogen (secondary N) is 2. The molecular weight excluding hydrogens is 352 g/mol. The molecule has 0 aromatic heterocycles. The molecule has 0 rings (SSSR count). The van der Waals surface area contributed by atoms with Crippen molar-refractivity contribution in [2.75, 3.05) is 65.4 Å². The summed E-state index contributed by atoms with van der Waals surface area (Å²) in [6, 6.07) is 0. The van der Waals surface area contributed by atoms with Crippen LogP contribution in [0.5, 0.6) is 0 Å². The number of rotatable bonds is 17. The molecule has 0 radical (unpaired) electrons. The summed E-state index contributed by atoms with van der Waals surface area (Å²) in [4.78, 5) is 45.2. The molecular formula is C14H26N4O8. The fraction of sp³-hybridized carbons (Fsp3) is 0.714. The Morgan fingerprint density at radius 3 is 1.04 bits per heavy atom. The molecule has 0 aliphatic heterocycles. The van der Waals surface area contributed by atoms with E-state index in [2.05, 4.69) is 10.6 Å². The van der Waals surface area contributed by atoms with Crippen molar-refractivity contribution in [2.45, 2.75) is 0 Å². The molecule has 26 heavy (non-hydrogen) atoms. The van der Waals surface area contributed by atoms with Gasteiger partial charge < -0.3 is 31.1 Å². The number of carboxylic acid groups (broad SMARTS) is 4. The van der Waals surface area contributed by atoms with Crippen molar-refractivity contribution in [3.63, 3.8) is 0 Å². The van der Waals surface area contributed by atoms with Gasteiger partial charge in [0.1, 0.15) is 0 Å². The minimum atomic E-state index is -1.10. The van der Waals surface area contributed by atoms with Crippen LogP contribution in [0.25, 0.3) is 0 Å². The van der Waals surface area contributed by atoms with Gasteiger partial charge in [0.25, 0.3) is 0 Å². The lowest BCUT2D eigenvalue weighted by molar-refractivity contribution is -0.143. The van der Waals surface area contributed by atoms with Gasteiger partial charge in [-0.05, 0) is 0 Å². The molecule has 0 saturated carbocycles. The Kier molecular flexibility index (Phi) is 12.7. The van der Waals surface area contributed by atoms with Gasteiger partial charge in [0.15, 0.2) is 0 Å². The van der Waals surface area contributed by atoms with Gasteiger partial charge in [-0.2, -0.15) is 0 Å². The summed E-state index contributed by atoms with van der Waals surface area (Å²) in [7, 11) is 0. The second-order valence-corrected chi connectivity index (χ2v) is 5.50. The number of hydrogen-bond acceptors (Lipinski definition) is 8. The van der Waals surface area contributed by atoms with Gasteiger partial charge in [-0.15, -0.1) is 0 Å². The highest BCUT2D eigenvalue weighted by Crippen LogP contribution is 1.88. The molecule has 0 heterocycles. The highest BCUT2D eigenvalue weighted by Gasteiger charge is 2.13. The van der Waals surface area contributed by atoms with Crippen LogP contribution in [0.4, 0.5) is 0 Å². The Balaban J connectivity index is 3.83. The van der Waals surface area contributed by atoms with E-state index in [0.29, 0.717) is 26.2 Å². The molecule has 150 valence electrons. The first-order chi connectivity index (χ1) is 12.2. The van der Waals surface area contributed by atoms with Crippen molar-refractivity contribution in [3.8, 4) is 0 Å². The number of hydrogen-bond donors (Lipinski definition) is 6. The van der Waals surface area contributed by atoms with E-state index in [-0.39, 0.29) is 39.3 Å². The molecule has 12 heteroatoms. The highest BCUT2D eigenvalue weighted by molar-refractivity contribution is 5.73. The number of aliphatic carboxylic acids is 4. The normalized spacial score (nSPS) is 11.0. The Hall–Kier alpha value is -2.28. The minimum Gasteiger partial charge on any atom is -0.480 e. The minimum absolute atomic E-state index is 0.267. The smallest absolute Gasteiger partial charge is 0.317 e. The van der Waals surface area contributed by atoms with Gasteiger partial charge in [0.05, 0.1) is 26.2 Å². The average Bonchev–Trinajstić information content (AvgIpc) is 2.47. The molecule has 0 unspecified atom stereocenters. The summed E-state index contributed by atoms with van der Waals surface area (Å²) < 4.78 is 0. The molecule has 0 saturated heterocycles. The third-order valence-electron chi connectivity index (χ3n) is 3.12. The fourth-order valence-electron chi connectivity index (χ4n) is 2.09. The largest absolute Gasteiger partial charge is 0.480 e. The van der Waals surface area contributed by atoms with Crippen LogP contribution in [0.3, 0.4) is 0 Å². The summed E-state index contributed by atoms with van der Waals surface area (Å²) in [5, 5.41) is 40.9. The lowest BCUT2D eigenvalue weighted by atomic mass is 10.4. The van der Waals surface area contributed by atoms with Crippen LogP contribution in [0.2, 0.25) is 0 Å². The van der Waals surface area contributed by atoms with Gasteiger partial charge in [-0.1, -0.05) is 0 Å². The summed E-state index contributed by atoms with van der Waals surface area (Å²) in [6.07, 6.45) is 0.